The highest BCUT2D eigenvalue weighted by Gasteiger charge is 2.31. The molecule has 4 N–H and O–H groups in total. The van der Waals surface area contributed by atoms with Crippen molar-refractivity contribution in [3.63, 3.8) is 0 Å². The van der Waals surface area contributed by atoms with Crippen LogP contribution < -0.4 is 4.74 Å². The Balaban J connectivity index is 2.11. The number of benzene rings is 1. The van der Waals surface area contributed by atoms with Gasteiger partial charge in [0.1, 0.15) is 29.0 Å². The molecule has 1 fully saturated rings. The standard InChI is InChI=1S/C15H18BN3O6/c1-9(18-8-17)19-6-11(7-19)25-12-3-2-10(4-5-16(23)24)14(20)13(12)15(21)22/h2-3,11,20,23-24H,4-7H2,1H3,(H,21,22). The smallest absolute Gasteiger partial charge is 0.451 e. The van der Waals surface area contributed by atoms with Crippen LogP contribution in [0.5, 0.6) is 11.5 Å². The normalized spacial score (nSPS) is 14.6. The number of ether oxygens (including phenoxy) is 1. The Hall–Kier alpha value is -2.77. The number of carboxylic acids is 1. The van der Waals surface area contributed by atoms with Crippen molar-refractivity contribution in [1.29, 1.82) is 5.26 Å². The molecule has 1 aliphatic heterocycles. The first-order valence-corrected chi connectivity index (χ1v) is 7.62. The lowest BCUT2D eigenvalue weighted by atomic mass is 9.82. The molecular weight excluding hydrogens is 329 g/mol. The van der Waals surface area contributed by atoms with Crippen LogP contribution in [0.4, 0.5) is 0 Å². The summed E-state index contributed by atoms with van der Waals surface area (Å²) in [5.74, 6) is -1.18. The van der Waals surface area contributed by atoms with Gasteiger partial charge in [-0.25, -0.2) is 4.79 Å². The highest BCUT2D eigenvalue weighted by atomic mass is 16.5. The number of aromatic hydroxyl groups is 1. The first kappa shape index (κ1) is 18.6. The summed E-state index contributed by atoms with van der Waals surface area (Å²) in [4.78, 5) is 16.9. The minimum absolute atomic E-state index is 0.0259. The number of nitriles is 1. The van der Waals surface area contributed by atoms with Gasteiger partial charge in [-0.05, 0) is 31.3 Å². The van der Waals surface area contributed by atoms with Crippen LogP contribution in [0.1, 0.15) is 22.8 Å². The fourth-order valence-corrected chi connectivity index (χ4v) is 2.51. The molecule has 0 bridgehead atoms. The van der Waals surface area contributed by atoms with E-state index < -0.39 is 18.8 Å². The van der Waals surface area contributed by atoms with Crippen molar-refractivity contribution >= 4 is 18.9 Å². The van der Waals surface area contributed by atoms with E-state index >= 15 is 0 Å². The van der Waals surface area contributed by atoms with Crippen molar-refractivity contribution < 1.29 is 29.8 Å². The zero-order valence-corrected chi connectivity index (χ0v) is 13.6. The Morgan fingerprint density at radius 1 is 1.48 bits per heavy atom. The maximum absolute atomic E-state index is 11.5. The van der Waals surface area contributed by atoms with Crippen LogP contribution in [0.3, 0.4) is 0 Å². The molecule has 0 aromatic heterocycles. The van der Waals surface area contributed by atoms with Crippen molar-refractivity contribution in [3.05, 3.63) is 23.3 Å². The third kappa shape index (κ3) is 4.40. The summed E-state index contributed by atoms with van der Waals surface area (Å²) >= 11 is 0. The molecule has 0 spiro atoms. The molecule has 132 valence electrons. The van der Waals surface area contributed by atoms with Gasteiger partial charge in [0, 0.05) is 0 Å². The van der Waals surface area contributed by atoms with Gasteiger partial charge in [-0.3, -0.25) is 0 Å². The van der Waals surface area contributed by atoms with Crippen LogP contribution in [-0.2, 0) is 6.42 Å². The summed E-state index contributed by atoms with van der Waals surface area (Å²) in [6.07, 6.45) is 1.50. The Morgan fingerprint density at radius 3 is 2.72 bits per heavy atom. The highest BCUT2D eigenvalue weighted by molar-refractivity contribution is 6.41. The summed E-state index contributed by atoms with van der Waals surface area (Å²) in [6.45, 7) is 2.60. The lowest BCUT2D eigenvalue weighted by molar-refractivity contribution is 0.0595. The van der Waals surface area contributed by atoms with Crippen molar-refractivity contribution in [2.45, 2.75) is 25.8 Å². The summed E-state index contributed by atoms with van der Waals surface area (Å²) in [5.41, 5.74) is -0.0594. The molecule has 9 nitrogen and oxygen atoms in total. The fraction of sp³-hybridized carbons (Fsp3) is 0.400. The number of hydrogen-bond acceptors (Lipinski definition) is 7. The van der Waals surface area contributed by atoms with Gasteiger partial charge in [0.2, 0.25) is 6.19 Å². The zero-order chi connectivity index (χ0) is 18.6. The third-order valence-electron chi connectivity index (χ3n) is 3.92. The number of phenols is 1. The predicted molar refractivity (Wildman–Crippen MR) is 88.5 cm³/mol. The number of nitrogens with zero attached hydrogens (tertiary/aromatic N) is 3. The maximum Gasteiger partial charge on any atom is 0.451 e. The second kappa shape index (κ2) is 7.87. The molecule has 0 radical (unpaired) electrons. The molecule has 0 unspecified atom stereocenters. The van der Waals surface area contributed by atoms with E-state index in [1.165, 1.54) is 12.1 Å². The summed E-state index contributed by atoms with van der Waals surface area (Å²) in [6, 6.07) is 2.94. The molecule has 1 aromatic carbocycles. The van der Waals surface area contributed by atoms with Crippen LogP contribution in [0, 0.1) is 11.5 Å². The SMILES string of the molecule is CC(=NC#N)N1CC(Oc2ccc(CCB(O)O)c(O)c2C(=O)O)C1. The Kier molecular flexibility index (Phi) is 5.85. The van der Waals surface area contributed by atoms with Crippen LogP contribution in [-0.4, -0.2) is 63.3 Å². The number of carboxylic acid groups (broad SMARTS) is 1. The number of hydrogen-bond donors (Lipinski definition) is 4. The Bertz CT molecular complexity index is 725. The average molecular weight is 347 g/mol. The molecule has 1 aliphatic rings. The molecule has 0 saturated carbocycles. The Labute approximate surface area is 144 Å². The average Bonchev–Trinajstić information content (AvgIpc) is 2.49. The number of aliphatic imine (C=N–C) groups is 1. The van der Waals surface area contributed by atoms with E-state index in [0.717, 1.165) is 0 Å². The molecule has 25 heavy (non-hydrogen) atoms. The van der Waals surface area contributed by atoms with Gasteiger partial charge in [-0.15, -0.1) is 0 Å². The molecule has 0 aliphatic carbocycles. The molecular formula is C15H18BN3O6. The largest absolute Gasteiger partial charge is 0.507 e. The van der Waals surface area contributed by atoms with E-state index in [1.807, 2.05) is 4.90 Å². The van der Waals surface area contributed by atoms with Crippen LogP contribution in [0.2, 0.25) is 6.32 Å². The molecule has 1 aromatic rings. The fourth-order valence-electron chi connectivity index (χ4n) is 2.51. The minimum Gasteiger partial charge on any atom is -0.507 e. The molecule has 0 atom stereocenters. The monoisotopic (exact) mass is 347 g/mol. The van der Waals surface area contributed by atoms with E-state index in [0.29, 0.717) is 24.5 Å². The number of aryl methyl sites for hydroxylation is 1. The van der Waals surface area contributed by atoms with Crippen LogP contribution in [0.15, 0.2) is 17.1 Å². The highest BCUT2D eigenvalue weighted by Crippen LogP contribution is 2.33. The van der Waals surface area contributed by atoms with Gasteiger partial charge in [-0.2, -0.15) is 10.3 Å². The Morgan fingerprint density at radius 2 is 2.16 bits per heavy atom. The molecule has 0 amide bonds. The summed E-state index contributed by atoms with van der Waals surface area (Å²) in [7, 11) is -1.54. The topological polar surface area (TPSA) is 147 Å². The van der Waals surface area contributed by atoms with Gasteiger partial charge in [0.05, 0.1) is 13.1 Å². The van der Waals surface area contributed by atoms with Crippen molar-refractivity contribution in [1.82, 2.24) is 4.90 Å². The van der Waals surface area contributed by atoms with Crippen LogP contribution >= 0.6 is 0 Å². The van der Waals surface area contributed by atoms with Gasteiger partial charge in [-0.1, -0.05) is 6.07 Å². The van der Waals surface area contributed by atoms with Crippen LogP contribution in [0.25, 0.3) is 0 Å². The number of amidine groups is 1. The molecule has 2 rings (SSSR count). The van der Waals surface area contributed by atoms with E-state index in [9.17, 15) is 15.0 Å². The van der Waals surface area contributed by atoms with Crippen molar-refractivity contribution in [2.24, 2.45) is 4.99 Å². The van der Waals surface area contributed by atoms with E-state index in [-0.39, 0.29) is 30.2 Å². The molecule has 1 saturated heterocycles. The quantitative estimate of drug-likeness (QED) is 0.245. The third-order valence-corrected chi connectivity index (χ3v) is 3.92. The predicted octanol–water partition coefficient (Wildman–Crippen LogP) is 0.0682. The minimum atomic E-state index is -1.54. The summed E-state index contributed by atoms with van der Waals surface area (Å²) in [5, 5.41) is 45.9. The van der Waals surface area contributed by atoms with Crippen molar-refractivity contribution in [2.75, 3.05) is 13.1 Å². The lowest BCUT2D eigenvalue weighted by Crippen LogP contribution is -2.55. The van der Waals surface area contributed by atoms with E-state index in [4.69, 9.17) is 20.0 Å². The number of rotatable bonds is 6. The first-order valence-electron chi connectivity index (χ1n) is 7.62. The number of likely N-dealkylation sites (tertiary alicyclic amines) is 1. The first-order chi connectivity index (χ1) is 11.8. The maximum atomic E-state index is 11.5. The van der Waals surface area contributed by atoms with Gasteiger partial charge >= 0.3 is 13.1 Å². The van der Waals surface area contributed by atoms with E-state index in [1.54, 1.807) is 13.1 Å². The second-order valence-electron chi connectivity index (χ2n) is 5.67. The van der Waals surface area contributed by atoms with Gasteiger partial charge in [0.25, 0.3) is 0 Å². The zero-order valence-electron chi connectivity index (χ0n) is 13.6. The van der Waals surface area contributed by atoms with Gasteiger partial charge in [0.15, 0.2) is 0 Å². The number of carbonyl (C=O) groups is 1. The van der Waals surface area contributed by atoms with Gasteiger partial charge < -0.3 is 29.9 Å². The lowest BCUT2D eigenvalue weighted by Gasteiger charge is -2.40. The number of aromatic carboxylic acids is 1. The molecule has 1 heterocycles. The van der Waals surface area contributed by atoms with E-state index in [2.05, 4.69) is 4.99 Å². The molecule has 10 heteroatoms. The second-order valence-corrected chi connectivity index (χ2v) is 5.67. The summed E-state index contributed by atoms with van der Waals surface area (Å²) < 4.78 is 5.64. The van der Waals surface area contributed by atoms with Crippen molar-refractivity contribution in [3.8, 4) is 17.7 Å².